The maximum Gasteiger partial charge on any atom is 0.271 e. The van der Waals surface area contributed by atoms with E-state index in [1.807, 2.05) is 24.3 Å². The summed E-state index contributed by atoms with van der Waals surface area (Å²) in [5.74, 6) is 0. The van der Waals surface area contributed by atoms with E-state index in [1.165, 1.54) is 16.8 Å². The molecule has 0 unspecified atom stereocenters. The number of rotatable bonds is 3. The minimum Gasteiger partial charge on any atom is -0.369 e. The summed E-state index contributed by atoms with van der Waals surface area (Å²) in [5, 5.41) is 0. The maximum atomic E-state index is 12.3. The van der Waals surface area contributed by atoms with Gasteiger partial charge in [0.25, 0.3) is 5.56 Å². The molecule has 0 radical (unpaired) electrons. The van der Waals surface area contributed by atoms with Crippen molar-refractivity contribution in [2.24, 2.45) is 0 Å². The number of nitrogens with zero attached hydrogens (tertiary/aromatic N) is 3. The first-order chi connectivity index (χ1) is 12.6. The van der Waals surface area contributed by atoms with Crippen LogP contribution in [0.4, 0.5) is 5.69 Å². The van der Waals surface area contributed by atoms with Gasteiger partial charge in [0.15, 0.2) is 0 Å². The number of piperazine rings is 1. The SMILES string of the molecule is Cc1cccc(N2CCN(Cc3nc4ccccc4[nH]c3=O)CC2)c1C. The first kappa shape index (κ1) is 16.8. The number of nitrogens with one attached hydrogen (secondary N) is 1. The van der Waals surface area contributed by atoms with Gasteiger partial charge in [0.2, 0.25) is 0 Å². The fourth-order valence-corrected chi connectivity index (χ4v) is 3.61. The quantitative estimate of drug-likeness (QED) is 0.791. The third-order valence-electron chi connectivity index (χ3n) is 5.33. The van der Waals surface area contributed by atoms with Gasteiger partial charge in [0.05, 0.1) is 11.0 Å². The molecule has 1 aliphatic heterocycles. The molecule has 2 aromatic carbocycles. The molecule has 0 bridgehead atoms. The number of para-hydroxylation sites is 2. The topological polar surface area (TPSA) is 52.2 Å². The van der Waals surface area contributed by atoms with Gasteiger partial charge < -0.3 is 9.88 Å². The normalized spacial score (nSPS) is 15.5. The molecule has 1 fully saturated rings. The molecule has 5 heteroatoms. The molecule has 26 heavy (non-hydrogen) atoms. The average molecular weight is 348 g/mol. The fraction of sp³-hybridized carbons (Fsp3) is 0.333. The Hall–Kier alpha value is -2.66. The smallest absolute Gasteiger partial charge is 0.271 e. The van der Waals surface area contributed by atoms with Crippen molar-refractivity contribution in [1.82, 2.24) is 14.9 Å². The molecule has 0 saturated carbocycles. The van der Waals surface area contributed by atoms with Crippen molar-refractivity contribution < 1.29 is 0 Å². The Morgan fingerprint density at radius 3 is 2.58 bits per heavy atom. The number of aryl methyl sites for hydroxylation is 1. The number of anilines is 1. The lowest BCUT2D eigenvalue weighted by atomic mass is 10.1. The van der Waals surface area contributed by atoms with E-state index >= 15 is 0 Å². The summed E-state index contributed by atoms with van der Waals surface area (Å²) in [7, 11) is 0. The molecule has 1 aliphatic rings. The first-order valence-electron chi connectivity index (χ1n) is 9.13. The van der Waals surface area contributed by atoms with Gasteiger partial charge in [-0.3, -0.25) is 9.69 Å². The highest BCUT2D eigenvalue weighted by Gasteiger charge is 2.20. The Kier molecular flexibility index (Phi) is 4.47. The summed E-state index contributed by atoms with van der Waals surface area (Å²) < 4.78 is 0. The fourth-order valence-electron chi connectivity index (χ4n) is 3.61. The Morgan fingerprint density at radius 1 is 1.00 bits per heavy atom. The minimum atomic E-state index is -0.0827. The second kappa shape index (κ2) is 6.92. The van der Waals surface area contributed by atoms with Crippen LogP contribution in [0.5, 0.6) is 0 Å². The largest absolute Gasteiger partial charge is 0.369 e. The van der Waals surface area contributed by atoms with Crippen molar-refractivity contribution in [3.8, 4) is 0 Å². The van der Waals surface area contributed by atoms with Crippen molar-refractivity contribution in [2.45, 2.75) is 20.4 Å². The van der Waals surface area contributed by atoms with Crippen molar-refractivity contribution in [3.05, 3.63) is 69.6 Å². The number of H-pyrrole nitrogens is 1. The number of hydrogen-bond acceptors (Lipinski definition) is 4. The zero-order valence-electron chi connectivity index (χ0n) is 15.3. The van der Waals surface area contributed by atoms with E-state index in [0.29, 0.717) is 12.2 Å². The van der Waals surface area contributed by atoms with Gasteiger partial charge in [-0.2, -0.15) is 0 Å². The number of fused-ring (bicyclic) bond motifs is 1. The summed E-state index contributed by atoms with van der Waals surface area (Å²) >= 11 is 0. The molecule has 1 aromatic heterocycles. The van der Waals surface area contributed by atoms with Crippen LogP contribution in [0.1, 0.15) is 16.8 Å². The molecule has 134 valence electrons. The van der Waals surface area contributed by atoms with Crippen molar-refractivity contribution in [2.75, 3.05) is 31.1 Å². The highest BCUT2D eigenvalue weighted by atomic mass is 16.1. The molecule has 1 N–H and O–H groups in total. The zero-order chi connectivity index (χ0) is 18.1. The van der Waals surface area contributed by atoms with Crippen LogP contribution < -0.4 is 10.5 Å². The standard InChI is InChI=1S/C21H24N4O/c1-15-6-5-9-20(16(15)2)25-12-10-24(11-13-25)14-19-21(26)23-18-8-4-3-7-17(18)22-19/h3-9H,10-14H2,1-2H3,(H,23,26). The van der Waals surface area contributed by atoms with Crippen LogP contribution in [-0.4, -0.2) is 41.0 Å². The lowest BCUT2D eigenvalue weighted by Gasteiger charge is -2.36. The van der Waals surface area contributed by atoms with E-state index in [1.54, 1.807) is 0 Å². The summed E-state index contributed by atoms with van der Waals surface area (Å²) in [5.41, 5.74) is 6.17. The van der Waals surface area contributed by atoms with E-state index in [-0.39, 0.29) is 5.56 Å². The second-order valence-corrected chi connectivity index (χ2v) is 7.01. The van der Waals surface area contributed by atoms with Crippen molar-refractivity contribution in [1.29, 1.82) is 0 Å². The van der Waals surface area contributed by atoms with Gasteiger partial charge in [-0.05, 0) is 43.2 Å². The Bertz CT molecular complexity index is 987. The monoisotopic (exact) mass is 348 g/mol. The molecule has 0 spiro atoms. The molecule has 0 amide bonds. The number of aromatic nitrogens is 2. The van der Waals surface area contributed by atoms with Gasteiger partial charge in [0, 0.05) is 38.4 Å². The van der Waals surface area contributed by atoms with Crippen LogP contribution in [-0.2, 0) is 6.54 Å². The minimum absolute atomic E-state index is 0.0827. The van der Waals surface area contributed by atoms with Crippen LogP contribution in [0.3, 0.4) is 0 Å². The number of hydrogen-bond donors (Lipinski definition) is 1. The van der Waals surface area contributed by atoms with Gasteiger partial charge in [-0.15, -0.1) is 0 Å². The van der Waals surface area contributed by atoms with E-state index in [4.69, 9.17) is 0 Å². The molecule has 5 nitrogen and oxygen atoms in total. The third kappa shape index (κ3) is 3.22. The predicted octanol–water partition coefficient (Wildman–Crippen LogP) is 2.86. The van der Waals surface area contributed by atoms with E-state index in [2.05, 4.69) is 51.8 Å². The zero-order valence-corrected chi connectivity index (χ0v) is 15.3. The first-order valence-corrected chi connectivity index (χ1v) is 9.13. The molecule has 1 saturated heterocycles. The summed E-state index contributed by atoms with van der Waals surface area (Å²) in [4.78, 5) is 24.6. The Balaban J connectivity index is 1.46. The van der Waals surface area contributed by atoms with Crippen LogP contribution in [0.25, 0.3) is 11.0 Å². The second-order valence-electron chi connectivity index (χ2n) is 7.01. The van der Waals surface area contributed by atoms with Crippen molar-refractivity contribution >= 4 is 16.7 Å². The van der Waals surface area contributed by atoms with Crippen LogP contribution in [0.2, 0.25) is 0 Å². The Labute approximate surface area is 153 Å². The van der Waals surface area contributed by atoms with Crippen LogP contribution >= 0.6 is 0 Å². The number of benzene rings is 2. The Morgan fingerprint density at radius 2 is 1.77 bits per heavy atom. The van der Waals surface area contributed by atoms with Gasteiger partial charge in [0.1, 0.15) is 5.69 Å². The van der Waals surface area contributed by atoms with Crippen LogP contribution in [0, 0.1) is 13.8 Å². The molecule has 0 aliphatic carbocycles. The maximum absolute atomic E-state index is 12.3. The number of aromatic amines is 1. The molecule has 3 aromatic rings. The van der Waals surface area contributed by atoms with E-state index < -0.39 is 0 Å². The van der Waals surface area contributed by atoms with Crippen LogP contribution in [0.15, 0.2) is 47.3 Å². The molecular weight excluding hydrogens is 324 g/mol. The average Bonchev–Trinajstić information content (AvgIpc) is 2.65. The molecule has 2 heterocycles. The molecule has 0 atom stereocenters. The predicted molar refractivity (Wildman–Crippen MR) is 106 cm³/mol. The van der Waals surface area contributed by atoms with Gasteiger partial charge in [-0.1, -0.05) is 24.3 Å². The van der Waals surface area contributed by atoms with Gasteiger partial charge >= 0.3 is 0 Å². The molecular formula is C21H24N4O. The highest BCUT2D eigenvalue weighted by Crippen LogP contribution is 2.24. The van der Waals surface area contributed by atoms with Crippen molar-refractivity contribution in [3.63, 3.8) is 0 Å². The molecule has 4 rings (SSSR count). The summed E-state index contributed by atoms with van der Waals surface area (Å²) in [6.07, 6.45) is 0. The summed E-state index contributed by atoms with van der Waals surface area (Å²) in [6.45, 7) is 8.75. The third-order valence-corrected chi connectivity index (χ3v) is 5.33. The lowest BCUT2D eigenvalue weighted by Crippen LogP contribution is -2.46. The lowest BCUT2D eigenvalue weighted by molar-refractivity contribution is 0.246. The highest BCUT2D eigenvalue weighted by molar-refractivity contribution is 5.73. The van der Waals surface area contributed by atoms with E-state index in [9.17, 15) is 4.79 Å². The summed E-state index contributed by atoms with van der Waals surface area (Å²) in [6, 6.07) is 14.2. The van der Waals surface area contributed by atoms with E-state index in [0.717, 1.165) is 37.2 Å². The van der Waals surface area contributed by atoms with Gasteiger partial charge in [-0.25, -0.2) is 4.98 Å².